The SMILES string of the molecule is COCCn1ncc(Cl)c1C(NN)c1cc(Br)cc(Br)c1. The molecule has 114 valence electrons. The molecule has 0 aliphatic rings. The second-order valence-corrected chi connectivity index (χ2v) is 6.63. The largest absolute Gasteiger partial charge is 0.383 e. The number of nitrogens with zero attached hydrogens (tertiary/aromatic N) is 2. The van der Waals surface area contributed by atoms with Crippen LogP contribution in [0.25, 0.3) is 0 Å². The summed E-state index contributed by atoms with van der Waals surface area (Å²) >= 11 is 13.2. The molecule has 0 aliphatic carbocycles. The van der Waals surface area contributed by atoms with Gasteiger partial charge in [-0.3, -0.25) is 10.5 Å². The number of hydrazine groups is 1. The molecule has 0 bridgehead atoms. The Bertz CT molecular complexity index is 600. The third-order valence-corrected chi connectivity index (χ3v) is 4.21. The van der Waals surface area contributed by atoms with Crippen LogP contribution in [0.4, 0.5) is 0 Å². The van der Waals surface area contributed by atoms with Gasteiger partial charge in [0.05, 0.1) is 36.1 Å². The number of hydrogen-bond acceptors (Lipinski definition) is 4. The summed E-state index contributed by atoms with van der Waals surface area (Å²) in [6, 6.07) is 5.66. The highest BCUT2D eigenvalue weighted by molar-refractivity contribution is 9.11. The molecule has 5 nitrogen and oxygen atoms in total. The van der Waals surface area contributed by atoms with Crippen LogP contribution in [0.3, 0.4) is 0 Å². The van der Waals surface area contributed by atoms with Crippen molar-refractivity contribution < 1.29 is 4.74 Å². The second-order valence-electron chi connectivity index (χ2n) is 4.40. The highest BCUT2D eigenvalue weighted by atomic mass is 79.9. The summed E-state index contributed by atoms with van der Waals surface area (Å²) in [5, 5.41) is 4.84. The molecule has 1 heterocycles. The molecule has 2 aromatic rings. The number of hydrogen-bond donors (Lipinski definition) is 2. The van der Waals surface area contributed by atoms with E-state index < -0.39 is 0 Å². The van der Waals surface area contributed by atoms with E-state index in [9.17, 15) is 0 Å². The lowest BCUT2D eigenvalue weighted by Gasteiger charge is -2.19. The van der Waals surface area contributed by atoms with E-state index in [2.05, 4.69) is 42.4 Å². The third-order valence-electron chi connectivity index (χ3n) is 3.00. The number of aromatic nitrogens is 2. The van der Waals surface area contributed by atoms with Crippen LogP contribution in [0.1, 0.15) is 17.3 Å². The summed E-state index contributed by atoms with van der Waals surface area (Å²) in [6.07, 6.45) is 1.61. The van der Waals surface area contributed by atoms with Crippen LogP contribution in [0, 0.1) is 0 Å². The van der Waals surface area contributed by atoms with Gasteiger partial charge >= 0.3 is 0 Å². The van der Waals surface area contributed by atoms with Crippen molar-refractivity contribution in [3.63, 3.8) is 0 Å². The molecule has 0 saturated carbocycles. The molecule has 1 unspecified atom stereocenters. The van der Waals surface area contributed by atoms with Gasteiger partial charge in [0.25, 0.3) is 0 Å². The monoisotopic (exact) mass is 436 g/mol. The number of ether oxygens (including phenoxy) is 1. The fourth-order valence-corrected chi connectivity index (χ4v) is 3.67. The minimum atomic E-state index is -0.273. The van der Waals surface area contributed by atoms with Gasteiger partial charge in [0.1, 0.15) is 0 Å². The van der Waals surface area contributed by atoms with Crippen LogP contribution in [-0.4, -0.2) is 23.5 Å². The topological polar surface area (TPSA) is 65.1 Å². The van der Waals surface area contributed by atoms with Crippen molar-refractivity contribution in [3.05, 3.63) is 49.6 Å². The zero-order chi connectivity index (χ0) is 15.4. The van der Waals surface area contributed by atoms with Crippen molar-refractivity contribution in [2.75, 3.05) is 13.7 Å². The quantitative estimate of drug-likeness (QED) is 0.537. The summed E-state index contributed by atoms with van der Waals surface area (Å²) in [6.45, 7) is 1.15. The van der Waals surface area contributed by atoms with Gasteiger partial charge in [-0.1, -0.05) is 43.5 Å². The van der Waals surface area contributed by atoms with E-state index in [1.165, 1.54) is 0 Å². The van der Waals surface area contributed by atoms with E-state index in [0.29, 0.717) is 18.2 Å². The molecule has 21 heavy (non-hydrogen) atoms. The highest BCUT2D eigenvalue weighted by Crippen LogP contribution is 2.31. The number of rotatable bonds is 6. The van der Waals surface area contributed by atoms with Crippen molar-refractivity contribution in [1.29, 1.82) is 0 Å². The Kier molecular flexibility index (Phi) is 6.21. The minimum absolute atomic E-state index is 0.273. The molecule has 8 heteroatoms. The fourth-order valence-electron chi connectivity index (χ4n) is 2.09. The van der Waals surface area contributed by atoms with Crippen molar-refractivity contribution in [1.82, 2.24) is 15.2 Å². The Morgan fingerprint density at radius 1 is 1.38 bits per heavy atom. The van der Waals surface area contributed by atoms with E-state index in [0.717, 1.165) is 20.2 Å². The predicted molar refractivity (Wildman–Crippen MR) is 90.1 cm³/mol. The molecule has 0 amide bonds. The summed E-state index contributed by atoms with van der Waals surface area (Å²) in [5.41, 5.74) is 4.58. The fraction of sp³-hybridized carbons (Fsp3) is 0.308. The Morgan fingerprint density at radius 2 is 2.05 bits per heavy atom. The maximum Gasteiger partial charge on any atom is 0.0894 e. The maximum absolute atomic E-state index is 6.28. The van der Waals surface area contributed by atoms with Crippen LogP contribution in [0.15, 0.2) is 33.3 Å². The maximum atomic E-state index is 6.28. The minimum Gasteiger partial charge on any atom is -0.383 e. The zero-order valence-corrected chi connectivity index (χ0v) is 15.2. The normalized spacial score (nSPS) is 12.6. The molecule has 0 radical (unpaired) electrons. The average molecular weight is 439 g/mol. The van der Waals surface area contributed by atoms with Crippen molar-refractivity contribution >= 4 is 43.5 Å². The van der Waals surface area contributed by atoms with Gasteiger partial charge in [-0.15, -0.1) is 0 Å². The first-order chi connectivity index (χ1) is 10.1. The Labute approximate surface area is 145 Å². The molecule has 1 aromatic carbocycles. The first-order valence-corrected chi connectivity index (χ1v) is 8.15. The molecular formula is C13H15Br2ClN4O. The van der Waals surface area contributed by atoms with Crippen molar-refractivity contribution in [3.8, 4) is 0 Å². The predicted octanol–water partition coefficient (Wildman–Crippen LogP) is 3.26. The summed E-state index contributed by atoms with van der Waals surface area (Å²) < 4.78 is 8.79. The van der Waals surface area contributed by atoms with E-state index in [-0.39, 0.29) is 6.04 Å². The molecular weight excluding hydrogens is 423 g/mol. The van der Waals surface area contributed by atoms with E-state index in [1.54, 1.807) is 18.0 Å². The van der Waals surface area contributed by atoms with E-state index in [1.807, 2.05) is 18.2 Å². The lowest BCUT2D eigenvalue weighted by Crippen LogP contribution is -2.31. The van der Waals surface area contributed by atoms with Gasteiger partial charge < -0.3 is 4.74 Å². The molecule has 1 atom stereocenters. The molecule has 1 aromatic heterocycles. The van der Waals surface area contributed by atoms with Crippen LogP contribution >= 0.6 is 43.5 Å². The lowest BCUT2D eigenvalue weighted by atomic mass is 10.0. The van der Waals surface area contributed by atoms with Gasteiger partial charge in [-0.05, 0) is 23.8 Å². The molecule has 0 saturated heterocycles. The number of nitrogens with one attached hydrogen (secondary N) is 1. The zero-order valence-electron chi connectivity index (χ0n) is 11.3. The summed E-state index contributed by atoms with van der Waals surface area (Å²) in [7, 11) is 1.65. The second kappa shape index (κ2) is 7.71. The molecule has 2 rings (SSSR count). The van der Waals surface area contributed by atoms with Crippen molar-refractivity contribution in [2.24, 2.45) is 5.84 Å². The first-order valence-electron chi connectivity index (χ1n) is 6.19. The third kappa shape index (κ3) is 4.06. The summed E-state index contributed by atoms with van der Waals surface area (Å²) in [4.78, 5) is 0. The van der Waals surface area contributed by atoms with Crippen LogP contribution < -0.4 is 11.3 Å². The Hall–Kier alpha value is -0.440. The first kappa shape index (κ1) is 16.9. The molecule has 0 spiro atoms. The number of benzene rings is 1. The van der Waals surface area contributed by atoms with E-state index >= 15 is 0 Å². The van der Waals surface area contributed by atoms with Crippen molar-refractivity contribution in [2.45, 2.75) is 12.6 Å². The number of methoxy groups -OCH3 is 1. The van der Waals surface area contributed by atoms with Gasteiger partial charge in [-0.2, -0.15) is 5.10 Å². The molecule has 3 N–H and O–H groups in total. The standard InChI is InChI=1S/C13H15Br2ClN4O/c1-21-3-2-20-13(11(16)7-18-20)12(19-17)8-4-9(14)6-10(15)5-8/h4-7,12,19H,2-3,17H2,1H3. The van der Waals surface area contributed by atoms with E-state index in [4.69, 9.17) is 22.2 Å². The van der Waals surface area contributed by atoms with Gasteiger partial charge in [-0.25, -0.2) is 5.43 Å². The molecule has 0 fully saturated rings. The smallest absolute Gasteiger partial charge is 0.0894 e. The average Bonchev–Trinajstić information content (AvgIpc) is 2.78. The highest BCUT2D eigenvalue weighted by Gasteiger charge is 2.21. The van der Waals surface area contributed by atoms with Gasteiger partial charge in [0.2, 0.25) is 0 Å². The Morgan fingerprint density at radius 3 is 2.62 bits per heavy atom. The van der Waals surface area contributed by atoms with Crippen LogP contribution in [-0.2, 0) is 11.3 Å². The lowest BCUT2D eigenvalue weighted by molar-refractivity contribution is 0.182. The molecule has 0 aliphatic heterocycles. The van der Waals surface area contributed by atoms with Gasteiger partial charge in [0, 0.05) is 16.1 Å². The van der Waals surface area contributed by atoms with Gasteiger partial charge in [0.15, 0.2) is 0 Å². The number of nitrogens with two attached hydrogens (primary N) is 1. The van der Waals surface area contributed by atoms with Crippen LogP contribution in [0.5, 0.6) is 0 Å². The Balaban J connectivity index is 2.43. The summed E-state index contributed by atoms with van der Waals surface area (Å²) in [5.74, 6) is 5.75. The number of halogens is 3. The van der Waals surface area contributed by atoms with Crippen LogP contribution in [0.2, 0.25) is 5.02 Å².